The first-order valence-electron chi connectivity index (χ1n) is 12.2. The van der Waals surface area contributed by atoms with Gasteiger partial charge in [-0.05, 0) is 40.8 Å². The third-order valence-corrected chi connectivity index (χ3v) is 7.69. The van der Waals surface area contributed by atoms with Gasteiger partial charge in [0.05, 0.1) is 30.2 Å². The van der Waals surface area contributed by atoms with Crippen LogP contribution in [0.4, 0.5) is 5.69 Å². The second kappa shape index (κ2) is 7.67. The maximum atomic E-state index is 14.0. The van der Waals surface area contributed by atoms with Gasteiger partial charge in [0.15, 0.2) is 0 Å². The van der Waals surface area contributed by atoms with Crippen molar-refractivity contribution in [2.75, 3.05) is 4.90 Å². The molecule has 2 aliphatic rings. The van der Waals surface area contributed by atoms with Crippen molar-refractivity contribution in [2.24, 2.45) is 0 Å². The van der Waals surface area contributed by atoms with E-state index < -0.39 is 5.41 Å². The van der Waals surface area contributed by atoms with Crippen molar-refractivity contribution in [1.82, 2.24) is 9.78 Å². The summed E-state index contributed by atoms with van der Waals surface area (Å²) in [5.74, 6) is 0.409. The molecule has 5 aromatic rings. The van der Waals surface area contributed by atoms with Crippen LogP contribution in [0.15, 0.2) is 109 Å². The Morgan fingerprint density at radius 3 is 2.26 bits per heavy atom. The van der Waals surface area contributed by atoms with Crippen molar-refractivity contribution >= 4 is 22.5 Å². The SMILES string of the molecule is O=C1N(Cc2ccccc2)c2ccccc2[C@]12CC2c1ccc2cnn(Cc3ccccc3)c2c1. The second-order valence-electron chi connectivity index (χ2n) is 9.73. The minimum atomic E-state index is -0.455. The zero-order valence-electron chi connectivity index (χ0n) is 19.3. The summed E-state index contributed by atoms with van der Waals surface area (Å²) in [7, 11) is 0. The maximum Gasteiger partial charge on any atom is 0.238 e. The summed E-state index contributed by atoms with van der Waals surface area (Å²) in [6.45, 7) is 1.34. The number of rotatable bonds is 5. The average Bonchev–Trinajstić information content (AvgIpc) is 3.49. The Morgan fingerprint density at radius 2 is 1.49 bits per heavy atom. The lowest BCUT2D eigenvalue weighted by molar-refractivity contribution is -0.120. The molecule has 0 radical (unpaired) electrons. The van der Waals surface area contributed by atoms with E-state index in [4.69, 9.17) is 0 Å². The minimum Gasteiger partial charge on any atom is -0.307 e. The molecule has 4 heteroatoms. The molecular weight excluding hydrogens is 430 g/mol. The van der Waals surface area contributed by atoms with Crippen LogP contribution in [-0.4, -0.2) is 15.7 Å². The van der Waals surface area contributed by atoms with Gasteiger partial charge in [-0.15, -0.1) is 0 Å². The fourth-order valence-electron chi connectivity index (χ4n) is 5.86. The summed E-state index contributed by atoms with van der Waals surface area (Å²) in [4.78, 5) is 16.0. The van der Waals surface area contributed by atoms with Gasteiger partial charge >= 0.3 is 0 Å². The number of fused-ring (bicyclic) bond motifs is 3. The summed E-state index contributed by atoms with van der Waals surface area (Å²) in [6.07, 6.45) is 2.79. The molecule has 1 unspecified atom stereocenters. The van der Waals surface area contributed by atoms with Gasteiger partial charge in [0, 0.05) is 17.0 Å². The minimum absolute atomic E-state index is 0.182. The van der Waals surface area contributed by atoms with Gasteiger partial charge in [-0.1, -0.05) is 91.0 Å². The number of carbonyl (C=O) groups is 1. The Morgan fingerprint density at radius 1 is 0.800 bits per heavy atom. The second-order valence-corrected chi connectivity index (χ2v) is 9.73. The number of aromatic nitrogens is 2. The summed E-state index contributed by atoms with van der Waals surface area (Å²) >= 11 is 0. The molecule has 1 aliphatic heterocycles. The highest BCUT2D eigenvalue weighted by molar-refractivity contribution is 6.11. The van der Waals surface area contributed by atoms with E-state index in [-0.39, 0.29) is 11.8 Å². The van der Waals surface area contributed by atoms with E-state index in [0.717, 1.165) is 35.1 Å². The summed E-state index contributed by atoms with van der Waals surface area (Å²) < 4.78 is 2.06. The standard InChI is InChI=1S/C31H25N3O/c35-30-31(26-13-7-8-14-28(26)33(30)20-22-9-3-1-4-10-22)18-27(31)24-15-16-25-19-32-34(29(25)17-24)21-23-11-5-2-6-12-23/h1-17,19,27H,18,20-21H2/t27?,31-/m0/s1. The van der Waals surface area contributed by atoms with Crippen molar-refractivity contribution in [2.45, 2.75) is 30.8 Å². The summed E-state index contributed by atoms with van der Waals surface area (Å²) in [6, 6.07) is 35.6. The van der Waals surface area contributed by atoms with Crippen LogP contribution in [0.3, 0.4) is 0 Å². The number of benzene rings is 4. The molecule has 1 amide bonds. The van der Waals surface area contributed by atoms with Gasteiger partial charge in [0.2, 0.25) is 5.91 Å². The van der Waals surface area contributed by atoms with E-state index in [0.29, 0.717) is 6.54 Å². The molecule has 1 aromatic heterocycles. The zero-order chi connectivity index (χ0) is 23.4. The van der Waals surface area contributed by atoms with E-state index in [9.17, 15) is 4.79 Å². The highest BCUT2D eigenvalue weighted by Crippen LogP contribution is 2.66. The van der Waals surface area contributed by atoms with E-state index in [1.165, 1.54) is 16.7 Å². The lowest BCUT2D eigenvalue weighted by Gasteiger charge is -2.18. The first-order chi connectivity index (χ1) is 17.2. The van der Waals surface area contributed by atoms with Crippen LogP contribution < -0.4 is 4.90 Å². The molecule has 4 nitrogen and oxygen atoms in total. The number of para-hydroxylation sites is 1. The molecular formula is C31H25N3O. The number of nitrogens with zero attached hydrogens (tertiary/aromatic N) is 3. The van der Waals surface area contributed by atoms with Crippen LogP contribution in [-0.2, 0) is 23.3 Å². The van der Waals surface area contributed by atoms with Crippen LogP contribution in [0.2, 0.25) is 0 Å². The molecule has 0 saturated heterocycles. The molecule has 2 atom stereocenters. The monoisotopic (exact) mass is 455 g/mol. The van der Waals surface area contributed by atoms with E-state index >= 15 is 0 Å². The average molecular weight is 456 g/mol. The molecule has 1 spiro atoms. The van der Waals surface area contributed by atoms with Gasteiger partial charge in [0.1, 0.15) is 0 Å². The molecule has 170 valence electrons. The Kier molecular flexibility index (Phi) is 4.43. The predicted octanol–water partition coefficient (Wildman–Crippen LogP) is 6.06. The van der Waals surface area contributed by atoms with Crippen molar-refractivity contribution < 1.29 is 4.79 Å². The lowest BCUT2D eigenvalue weighted by Crippen LogP contribution is -2.32. The predicted molar refractivity (Wildman–Crippen MR) is 138 cm³/mol. The third-order valence-electron chi connectivity index (χ3n) is 7.69. The summed E-state index contributed by atoms with van der Waals surface area (Å²) in [5, 5.41) is 5.78. The molecule has 0 bridgehead atoms. The first-order valence-corrected chi connectivity index (χ1v) is 12.2. The largest absolute Gasteiger partial charge is 0.307 e. The molecule has 1 saturated carbocycles. The van der Waals surface area contributed by atoms with E-state index in [1.54, 1.807) is 0 Å². The number of carbonyl (C=O) groups excluding carboxylic acids is 1. The van der Waals surface area contributed by atoms with E-state index in [1.807, 2.05) is 41.4 Å². The Bertz CT molecular complexity index is 1560. The van der Waals surface area contributed by atoms with Crippen molar-refractivity contribution in [3.63, 3.8) is 0 Å². The van der Waals surface area contributed by atoms with Crippen LogP contribution in [0.25, 0.3) is 10.9 Å². The Hall–Kier alpha value is -4.18. The fraction of sp³-hybridized carbons (Fsp3) is 0.161. The topological polar surface area (TPSA) is 38.1 Å². The van der Waals surface area contributed by atoms with Gasteiger partial charge in [0.25, 0.3) is 0 Å². The number of anilines is 1. The van der Waals surface area contributed by atoms with Crippen molar-refractivity contribution in [1.29, 1.82) is 0 Å². The molecule has 1 fully saturated rings. The first kappa shape index (κ1) is 20.2. The molecule has 35 heavy (non-hydrogen) atoms. The molecule has 7 rings (SSSR count). The number of amides is 1. The highest BCUT2D eigenvalue weighted by atomic mass is 16.2. The molecule has 4 aromatic carbocycles. The molecule has 0 N–H and O–H groups in total. The maximum absolute atomic E-state index is 14.0. The van der Waals surface area contributed by atoms with Crippen LogP contribution in [0.1, 0.15) is 34.6 Å². The normalized spacial score (nSPS) is 20.5. The fourth-order valence-corrected chi connectivity index (χ4v) is 5.86. The van der Waals surface area contributed by atoms with E-state index in [2.05, 4.69) is 82.6 Å². The van der Waals surface area contributed by atoms with Gasteiger partial charge < -0.3 is 4.90 Å². The summed E-state index contributed by atoms with van der Waals surface area (Å²) in [5.41, 5.74) is 6.48. The van der Waals surface area contributed by atoms with Crippen LogP contribution in [0, 0.1) is 0 Å². The lowest BCUT2D eigenvalue weighted by atomic mass is 9.92. The van der Waals surface area contributed by atoms with Gasteiger partial charge in [-0.3, -0.25) is 9.48 Å². The Labute approximate surface area is 204 Å². The number of hydrogen-bond donors (Lipinski definition) is 0. The van der Waals surface area contributed by atoms with Gasteiger partial charge in [-0.2, -0.15) is 5.10 Å². The van der Waals surface area contributed by atoms with Crippen LogP contribution >= 0.6 is 0 Å². The van der Waals surface area contributed by atoms with Crippen LogP contribution in [0.5, 0.6) is 0 Å². The van der Waals surface area contributed by atoms with Crippen molar-refractivity contribution in [3.8, 4) is 0 Å². The molecule has 2 heterocycles. The number of hydrogen-bond acceptors (Lipinski definition) is 2. The Balaban J connectivity index is 1.24. The van der Waals surface area contributed by atoms with Gasteiger partial charge in [-0.25, -0.2) is 0 Å². The smallest absolute Gasteiger partial charge is 0.238 e. The third kappa shape index (κ3) is 3.13. The quantitative estimate of drug-likeness (QED) is 0.323. The zero-order valence-corrected chi connectivity index (χ0v) is 19.3. The van der Waals surface area contributed by atoms with Crippen molar-refractivity contribution in [3.05, 3.63) is 132 Å². The highest BCUT2D eigenvalue weighted by Gasteiger charge is 2.67. The molecule has 1 aliphatic carbocycles.